The number of aromatic nitrogens is 2. The molecule has 1 aliphatic heterocycles. The van der Waals surface area contributed by atoms with Crippen LogP contribution in [0.4, 0.5) is 33.2 Å². The molecular formula is C19H16ClFN6O3S. The largest absolute Gasteiger partial charge is 0.495 e. The Morgan fingerprint density at radius 1 is 1.16 bits per heavy atom. The number of anilines is 5. The van der Waals surface area contributed by atoms with E-state index in [4.69, 9.17) is 16.3 Å². The van der Waals surface area contributed by atoms with Crippen molar-refractivity contribution in [3.05, 3.63) is 52.9 Å². The maximum absolute atomic E-state index is 14.3. The number of benzene rings is 2. The number of aryl methyl sites for hydroxylation is 1. The van der Waals surface area contributed by atoms with Gasteiger partial charge in [0, 0.05) is 11.4 Å². The molecule has 9 nitrogen and oxygen atoms in total. The van der Waals surface area contributed by atoms with Crippen LogP contribution in [0.2, 0.25) is 5.02 Å². The van der Waals surface area contributed by atoms with Crippen LogP contribution >= 0.6 is 11.6 Å². The lowest BCUT2D eigenvalue weighted by molar-refractivity contribution is 0.415. The summed E-state index contributed by atoms with van der Waals surface area (Å²) < 4.78 is 47.3. The second-order valence-electron chi connectivity index (χ2n) is 6.51. The SMILES string of the molecule is COc1ccc(Nc2nc(Nc3cc(C)c4c(c3)S(=O)(=O)N=CN4)ncc2F)cc1Cl. The van der Waals surface area contributed by atoms with Crippen LogP contribution in [-0.4, -0.2) is 31.8 Å². The fourth-order valence-electron chi connectivity index (χ4n) is 2.96. The van der Waals surface area contributed by atoms with Crippen molar-refractivity contribution < 1.29 is 17.5 Å². The molecule has 0 amide bonds. The van der Waals surface area contributed by atoms with Crippen molar-refractivity contribution in [3.63, 3.8) is 0 Å². The third-order valence-corrected chi connectivity index (χ3v) is 5.95. The van der Waals surface area contributed by atoms with Gasteiger partial charge in [-0.3, -0.25) is 0 Å². The van der Waals surface area contributed by atoms with E-state index in [1.165, 1.54) is 13.2 Å². The minimum absolute atomic E-state index is 0.0193. The van der Waals surface area contributed by atoms with Crippen molar-refractivity contribution in [2.45, 2.75) is 11.8 Å². The summed E-state index contributed by atoms with van der Waals surface area (Å²) in [7, 11) is -2.32. The van der Waals surface area contributed by atoms with Crippen molar-refractivity contribution in [1.82, 2.24) is 9.97 Å². The Morgan fingerprint density at radius 3 is 2.71 bits per heavy atom. The number of nitrogens with one attached hydrogen (secondary N) is 3. The molecule has 4 rings (SSSR count). The predicted molar refractivity (Wildman–Crippen MR) is 117 cm³/mol. The predicted octanol–water partition coefficient (Wildman–Crippen LogP) is 4.22. The van der Waals surface area contributed by atoms with Crippen LogP contribution in [0.1, 0.15) is 5.56 Å². The number of methoxy groups -OCH3 is 1. The van der Waals surface area contributed by atoms with Gasteiger partial charge in [-0.25, -0.2) is 9.37 Å². The minimum Gasteiger partial charge on any atom is -0.495 e. The molecule has 2 heterocycles. The summed E-state index contributed by atoms with van der Waals surface area (Å²) in [5.74, 6) is -0.227. The van der Waals surface area contributed by atoms with Gasteiger partial charge in [0.25, 0.3) is 10.0 Å². The molecule has 0 saturated heterocycles. The van der Waals surface area contributed by atoms with Crippen LogP contribution in [0.5, 0.6) is 5.75 Å². The van der Waals surface area contributed by atoms with E-state index in [1.807, 2.05) is 0 Å². The molecule has 2 aromatic carbocycles. The van der Waals surface area contributed by atoms with Gasteiger partial charge >= 0.3 is 0 Å². The smallest absolute Gasteiger partial charge is 0.285 e. The molecule has 160 valence electrons. The fraction of sp³-hybridized carbons (Fsp3) is 0.105. The van der Waals surface area contributed by atoms with Gasteiger partial charge in [-0.05, 0) is 42.8 Å². The normalized spacial score (nSPS) is 13.8. The van der Waals surface area contributed by atoms with E-state index in [2.05, 4.69) is 30.3 Å². The zero-order valence-electron chi connectivity index (χ0n) is 16.3. The van der Waals surface area contributed by atoms with Crippen LogP contribution in [0.3, 0.4) is 0 Å². The molecule has 1 aliphatic rings. The van der Waals surface area contributed by atoms with Crippen LogP contribution in [0.25, 0.3) is 0 Å². The van der Waals surface area contributed by atoms with Crippen molar-refractivity contribution in [2.24, 2.45) is 4.40 Å². The lowest BCUT2D eigenvalue weighted by Crippen LogP contribution is -2.13. The van der Waals surface area contributed by atoms with Gasteiger partial charge in [0.15, 0.2) is 11.6 Å². The second-order valence-corrected chi connectivity index (χ2v) is 8.52. The lowest BCUT2D eigenvalue weighted by atomic mass is 10.1. The van der Waals surface area contributed by atoms with E-state index in [0.29, 0.717) is 33.4 Å². The van der Waals surface area contributed by atoms with Gasteiger partial charge in [-0.2, -0.15) is 13.4 Å². The van der Waals surface area contributed by atoms with Gasteiger partial charge in [-0.15, -0.1) is 4.40 Å². The van der Waals surface area contributed by atoms with Gasteiger partial charge in [-0.1, -0.05) is 11.6 Å². The first-order chi connectivity index (χ1) is 14.8. The highest BCUT2D eigenvalue weighted by Gasteiger charge is 2.23. The first kappa shape index (κ1) is 20.8. The first-order valence-electron chi connectivity index (χ1n) is 8.87. The Balaban J connectivity index is 1.63. The summed E-state index contributed by atoms with van der Waals surface area (Å²) in [6.45, 7) is 1.75. The summed E-state index contributed by atoms with van der Waals surface area (Å²) in [6.07, 6.45) is 2.13. The van der Waals surface area contributed by atoms with Crippen molar-refractivity contribution in [3.8, 4) is 5.75 Å². The molecule has 0 fully saturated rings. The number of ether oxygens (including phenoxy) is 1. The third-order valence-electron chi connectivity index (χ3n) is 4.39. The number of hydrogen-bond donors (Lipinski definition) is 3. The summed E-state index contributed by atoms with van der Waals surface area (Å²) >= 11 is 6.10. The molecule has 0 saturated carbocycles. The topological polar surface area (TPSA) is 118 Å². The molecule has 0 bridgehead atoms. The average Bonchev–Trinajstić information content (AvgIpc) is 2.71. The highest BCUT2D eigenvalue weighted by Crippen LogP contribution is 2.33. The number of fused-ring (bicyclic) bond motifs is 1. The van der Waals surface area contributed by atoms with E-state index in [0.717, 1.165) is 12.5 Å². The van der Waals surface area contributed by atoms with E-state index in [1.54, 1.807) is 31.2 Å². The van der Waals surface area contributed by atoms with Gasteiger partial charge in [0.2, 0.25) is 5.95 Å². The summed E-state index contributed by atoms with van der Waals surface area (Å²) in [6, 6.07) is 7.98. The van der Waals surface area contributed by atoms with Crippen molar-refractivity contribution in [2.75, 3.05) is 23.1 Å². The van der Waals surface area contributed by atoms with Gasteiger partial charge < -0.3 is 20.7 Å². The van der Waals surface area contributed by atoms with Gasteiger partial charge in [0.05, 0.1) is 24.0 Å². The first-order valence-corrected chi connectivity index (χ1v) is 10.7. The van der Waals surface area contributed by atoms with Crippen LogP contribution < -0.4 is 20.7 Å². The number of sulfonamides is 1. The molecule has 31 heavy (non-hydrogen) atoms. The van der Waals surface area contributed by atoms with Crippen LogP contribution in [0.15, 0.2) is 45.8 Å². The number of hydrogen-bond acceptors (Lipinski definition) is 8. The maximum Gasteiger partial charge on any atom is 0.285 e. The number of rotatable bonds is 5. The Hall–Kier alpha value is -3.44. The van der Waals surface area contributed by atoms with E-state index >= 15 is 0 Å². The molecule has 12 heteroatoms. The molecule has 3 N–H and O–H groups in total. The third kappa shape index (κ3) is 4.23. The highest BCUT2D eigenvalue weighted by molar-refractivity contribution is 7.90. The Morgan fingerprint density at radius 2 is 1.97 bits per heavy atom. The van der Waals surface area contributed by atoms with E-state index in [9.17, 15) is 12.8 Å². The monoisotopic (exact) mass is 462 g/mol. The zero-order chi connectivity index (χ0) is 22.2. The minimum atomic E-state index is -3.81. The lowest BCUT2D eigenvalue weighted by Gasteiger charge is -2.17. The molecule has 0 spiro atoms. The zero-order valence-corrected chi connectivity index (χ0v) is 17.8. The Bertz CT molecular complexity index is 1320. The molecule has 0 aliphatic carbocycles. The maximum atomic E-state index is 14.3. The molecule has 0 radical (unpaired) electrons. The standard InChI is InChI=1S/C19H16ClFN6O3S/c1-10-5-12(7-16-17(10)23-9-24-31(16,28)29)26-19-22-8-14(21)18(27-19)25-11-3-4-15(30-2)13(20)6-11/h3-9H,1-2H3,(H,23,24)(H2,22,25,26,27). The van der Waals surface area contributed by atoms with Crippen molar-refractivity contribution in [1.29, 1.82) is 0 Å². The Labute approximate surface area is 182 Å². The van der Waals surface area contributed by atoms with E-state index < -0.39 is 15.8 Å². The Kier molecular flexibility index (Phi) is 5.38. The molecule has 0 atom stereocenters. The molecule has 0 unspecified atom stereocenters. The average molecular weight is 463 g/mol. The van der Waals surface area contributed by atoms with Crippen molar-refractivity contribution >= 4 is 56.8 Å². The van der Waals surface area contributed by atoms with Crippen LogP contribution in [0, 0.1) is 12.7 Å². The molecule has 3 aromatic rings. The second kappa shape index (κ2) is 8.00. The van der Waals surface area contributed by atoms with E-state index in [-0.39, 0.29) is 16.7 Å². The fourth-order valence-corrected chi connectivity index (χ4v) is 4.27. The summed E-state index contributed by atoms with van der Waals surface area (Å²) in [5, 5.41) is 8.90. The number of nitrogens with zero attached hydrogens (tertiary/aromatic N) is 3. The molecule has 1 aromatic heterocycles. The van der Waals surface area contributed by atoms with Gasteiger partial charge in [0.1, 0.15) is 17.0 Å². The number of halogens is 2. The summed E-state index contributed by atoms with van der Waals surface area (Å²) in [5.41, 5.74) is 2.01. The summed E-state index contributed by atoms with van der Waals surface area (Å²) in [4.78, 5) is 8.08. The van der Waals surface area contributed by atoms with Crippen LogP contribution in [-0.2, 0) is 10.0 Å². The molecular weight excluding hydrogens is 447 g/mol. The quantitative estimate of drug-likeness (QED) is 0.516. The highest BCUT2D eigenvalue weighted by atomic mass is 35.5.